The molecule has 2 unspecified atom stereocenters. The van der Waals surface area contributed by atoms with Crippen molar-refractivity contribution in [2.75, 3.05) is 5.75 Å². The van der Waals surface area contributed by atoms with E-state index in [1.807, 2.05) is 27.7 Å². The quantitative estimate of drug-likeness (QED) is 0.541. The molecule has 0 N–H and O–H groups in total. The lowest BCUT2D eigenvalue weighted by Crippen LogP contribution is -2.12. The van der Waals surface area contributed by atoms with Crippen molar-refractivity contribution in [3.8, 4) is 0 Å². The first-order chi connectivity index (χ1) is 4.72. The number of ketones is 1. The molecule has 1 aliphatic rings. The second kappa shape index (κ2) is 4.78. The van der Waals surface area contributed by atoms with Crippen LogP contribution in [0.1, 0.15) is 27.7 Å². The maximum Gasteiger partial charge on any atom is 0.149 e. The highest BCUT2D eigenvalue weighted by molar-refractivity contribution is 8.01. The van der Waals surface area contributed by atoms with Crippen LogP contribution < -0.4 is 0 Å². The summed E-state index contributed by atoms with van der Waals surface area (Å²) >= 11 is 1.76. The van der Waals surface area contributed by atoms with Crippen LogP contribution in [0.25, 0.3) is 0 Å². The number of hydrogen-bond acceptors (Lipinski definition) is 2. The minimum atomic E-state index is 0.269. The molecule has 0 amide bonds. The fourth-order valence-corrected chi connectivity index (χ4v) is 1.99. The topological polar surface area (TPSA) is 17.1 Å². The van der Waals surface area contributed by atoms with Crippen molar-refractivity contribution >= 4 is 17.5 Å². The highest BCUT2D eigenvalue weighted by Gasteiger charge is 2.27. The Bertz CT molecular complexity index is 99.8. The maximum atomic E-state index is 10.9. The average Bonchev–Trinajstić information content (AvgIpc) is 2.25. The number of carbonyl (C=O) groups excluding carboxylic acids is 1. The molecule has 0 saturated carbocycles. The van der Waals surface area contributed by atoms with Crippen LogP contribution in [0, 0.1) is 5.92 Å². The third-order valence-corrected chi connectivity index (χ3v) is 2.91. The summed E-state index contributed by atoms with van der Waals surface area (Å²) in [5, 5.41) is 0.269. The van der Waals surface area contributed by atoms with Crippen molar-refractivity contribution in [3.63, 3.8) is 0 Å². The molecule has 2 heteroatoms. The summed E-state index contributed by atoms with van der Waals surface area (Å²) in [6.07, 6.45) is 0. The zero-order chi connectivity index (χ0) is 8.15. The Morgan fingerprint density at radius 2 is 1.90 bits per heavy atom. The zero-order valence-electron chi connectivity index (χ0n) is 7.18. The van der Waals surface area contributed by atoms with Crippen LogP contribution >= 0.6 is 11.8 Å². The van der Waals surface area contributed by atoms with Gasteiger partial charge in [0.25, 0.3) is 0 Å². The average molecular weight is 160 g/mol. The summed E-state index contributed by atoms with van der Waals surface area (Å²) in [4.78, 5) is 10.9. The maximum absolute atomic E-state index is 10.9. The lowest BCUT2D eigenvalue weighted by Gasteiger charge is -1.95. The number of rotatable bonds is 0. The molecular weight excluding hydrogens is 144 g/mol. The molecular formula is C8H16OS. The molecule has 1 rings (SSSR count). The van der Waals surface area contributed by atoms with Crippen molar-refractivity contribution in [1.29, 1.82) is 0 Å². The Hall–Kier alpha value is 0.0200. The first-order valence-electron chi connectivity index (χ1n) is 3.87. The summed E-state index contributed by atoms with van der Waals surface area (Å²) in [5.41, 5.74) is 0. The van der Waals surface area contributed by atoms with Gasteiger partial charge in [-0.2, -0.15) is 11.8 Å². The molecule has 1 aliphatic heterocycles. The molecule has 1 heterocycles. The summed E-state index contributed by atoms with van der Waals surface area (Å²) in [6, 6.07) is 0. The van der Waals surface area contributed by atoms with Gasteiger partial charge in [0.05, 0.1) is 5.25 Å². The fourth-order valence-electron chi connectivity index (χ4n) is 0.854. The highest BCUT2D eigenvalue weighted by Crippen LogP contribution is 2.26. The van der Waals surface area contributed by atoms with E-state index in [2.05, 4.69) is 0 Å². The Balaban J connectivity index is 0.000000371. The Kier molecular flexibility index (Phi) is 4.79. The fraction of sp³-hybridized carbons (Fsp3) is 0.875. The summed E-state index contributed by atoms with van der Waals surface area (Å²) in [7, 11) is 0. The lowest BCUT2D eigenvalue weighted by atomic mass is 10.1. The van der Waals surface area contributed by atoms with Gasteiger partial charge < -0.3 is 0 Å². The number of hydrogen-bond donors (Lipinski definition) is 0. The molecule has 10 heavy (non-hydrogen) atoms. The molecule has 0 bridgehead atoms. The second-order valence-electron chi connectivity index (χ2n) is 2.28. The van der Waals surface area contributed by atoms with Gasteiger partial charge in [-0.25, -0.2) is 0 Å². The second-order valence-corrected chi connectivity index (χ2v) is 3.65. The van der Waals surface area contributed by atoms with Crippen molar-refractivity contribution in [1.82, 2.24) is 0 Å². The van der Waals surface area contributed by atoms with E-state index in [4.69, 9.17) is 0 Å². The van der Waals surface area contributed by atoms with Crippen LogP contribution in [0.5, 0.6) is 0 Å². The molecule has 0 radical (unpaired) electrons. The highest BCUT2D eigenvalue weighted by atomic mass is 32.2. The summed E-state index contributed by atoms with van der Waals surface area (Å²) in [5.74, 6) is 1.77. The minimum Gasteiger partial charge on any atom is -0.298 e. The minimum absolute atomic E-state index is 0.269. The van der Waals surface area contributed by atoms with Crippen LogP contribution in [-0.2, 0) is 4.79 Å². The Morgan fingerprint density at radius 3 is 2.00 bits per heavy atom. The predicted octanol–water partition coefficient (Wildman–Crippen LogP) is 2.35. The van der Waals surface area contributed by atoms with Gasteiger partial charge in [0.1, 0.15) is 5.78 Å². The first kappa shape index (κ1) is 10.0. The lowest BCUT2D eigenvalue weighted by molar-refractivity contribution is -0.120. The SMILES string of the molecule is CC.CC1CSC(C)C1=O. The molecule has 0 aromatic rings. The van der Waals surface area contributed by atoms with Crippen LogP contribution in [0.2, 0.25) is 0 Å². The monoisotopic (exact) mass is 160 g/mol. The van der Waals surface area contributed by atoms with Crippen molar-refractivity contribution in [3.05, 3.63) is 0 Å². The molecule has 1 nitrogen and oxygen atoms in total. The van der Waals surface area contributed by atoms with E-state index in [-0.39, 0.29) is 5.25 Å². The van der Waals surface area contributed by atoms with Gasteiger partial charge in [-0.1, -0.05) is 20.8 Å². The van der Waals surface area contributed by atoms with Crippen molar-refractivity contribution in [2.24, 2.45) is 5.92 Å². The van der Waals surface area contributed by atoms with Crippen molar-refractivity contribution < 1.29 is 4.79 Å². The van der Waals surface area contributed by atoms with E-state index in [1.165, 1.54) is 0 Å². The Labute approximate surface area is 67.6 Å². The summed E-state index contributed by atoms with van der Waals surface area (Å²) < 4.78 is 0. The van der Waals surface area contributed by atoms with Gasteiger partial charge in [0.15, 0.2) is 0 Å². The number of thioether (sulfide) groups is 1. The molecule has 0 aromatic heterocycles. The van der Waals surface area contributed by atoms with E-state index < -0.39 is 0 Å². The molecule has 2 atom stereocenters. The van der Waals surface area contributed by atoms with Gasteiger partial charge >= 0.3 is 0 Å². The molecule has 0 aromatic carbocycles. The Morgan fingerprint density at radius 1 is 1.40 bits per heavy atom. The van der Waals surface area contributed by atoms with Gasteiger partial charge in [0.2, 0.25) is 0 Å². The summed E-state index contributed by atoms with van der Waals surface area (Å²) in [6.45, 7) is 7.98. The standard InChI is InChI=1S/C6H10OS.C2H6/c1-4-3-8-5(2)6(4)7;1-2/h4-5H,3H2,1-2H3;1-2H3. The molecule has 1 fully saturated rings. The normalized spacial score (nSPS) is 31.4. The first-order valence-corrected chi connectivity index (χ1v) is 4.92. The molecule has 1 saturated heterocycles. The van der Waals surface area contributed by atoms with E-state index >= 15 is 0 Å². The predicted molar refractivity (Wildman–Crippen MR) is 47.4 cm³/mol. The van der Waals surface area contributed by atoms with E-state index in [0.717, 1.165) is 5.75 Å². The molecule has 0 aliphatic carbocycles. The smallest absolute Gasteiger partial charge is 0.149 e. The zero-order valence-corrected chi connectivity index (χ0v) is 7.99. The van der Waals surface area contributed by atoms with Gasteiger partial charge in [0, 0.05) is 11.7 Å². The van der Waals surface area contributed by atoms with Crippen molar-refractivity contribution in [2.45, 2.75) is 32.9 Å². The van der Waals surface area contributed by atoms with Crippen LogP contribution in [-0.4, -0.2) is 16.8 Å². The van der Waals surface area contributed by atoms with E-state index in [1.54, 1.807) is 11.8 Å². The molecule has 60 valence electrons. The van der Waals surface area contributed by atoms with E-state index in [0.29, 0.717) is 11.7 Å². The van der Waals surface area contributed by atoms with Crippen LogP contribution in [0.3, 0.4) is 0 Å². The number of carbonyl (C=O) groups is 1. The van der Waals surface area contributed by atoms with Gasteiger partial charge in [-0.05, 0) is 6.92 Å². The number of Topliss-reactive ketones (excluding diaryl/α,β-unsaturated/α-hetero) is 1. The van der Waals surface area contributed by atoms with Gasteiger partial charge in [-0.3, -0.25) is 4.79 Å². The van der Waals surface area contributed by atoms with Crippen LogP contribution in [0.15, 0.2) is 0 Å². The largest absolute Gasteiger partial charge is 0.298 e. The van der Waals surface area contributed by atoms with Gasteiger partial charge in [-0.15, -0.1) is 0 Å². The van der Waals surface area contributed by atoms with Crippen LogP contribution in [0.4, 0.5) is 0 Å². The van der Waals surface area contributed by atoms with E-state index in [9.17, 15) is 4.79 Å². The third-order valence-electron chi connectivity index (χ3n) is 1.48. The molecule has 0 spiro atoms. The third kappa shape index (κ3) is 2.33.